The summed E-state index contributed by atoms with van der Waals surface area (Å²) in [7, 11) is 0. The normalized spacial score (nSPS) is 30.3. The first kappa shape index (κ1) is 18.0. The first-order valence-electron chi connectivity index (χ1n) is 8.18. The van der Waals surface area contributed by atoms with E-state index in [0.717, 1.165) is 19.4 Å². The highest BCUT2D eigenvalue weighted by Gasteiger charge is 2.54. The van der Waals surface area contributed by atoms with E-state index >= 15 is 0 Å². The molecule has 1 saturated carbocycles. The predicted octanol–water partition coefficient (Wildman–Crippen LogP) is 4.21. The number of carbonyl (C=O) groups is 2. The summed E-state index contributed by atoms with van der Waals surface area (Å²) in [6.07, 6.45) is 0.449. The van der Waals surface area contributed by atoms with Crippen LogP contribution in [0.5, 0.6) is 0 Å². The molecule has 4 atom stereocenters. The second-order valence-electron chi connectivity index (χ2n) is 6.79. The Bertz CT molecular complexity index is 498. The zero-order valence-corrected chi connectivity index (χ0v) is 13.5. The Hall–Kier alpha value is -1.33. The minimum atomic E-state index is -4.56. The molecule has 0 N–H and O–H groups in total. The maximum absolute atomic E-state index is 13.3. The van der Waals surface area contributed by atoms with E-state index in [0.29, 0.717) is 25.7 Å². The second-order valence-corrected chi connectivity index (χ2v) is 6.79. The maximum atomic E-state index is 13.3. The molecule has 0 bridgehead atoms. The van der Waals surface area contributed by atoms with Crippen LogP contribution in [0.2, 0.25) is 0 Å². The van der Waals surface area contributed by atoms with Gasteiger partial charge in [0.2, 0.25) is 0 Å². The molecule has 6 heteroatoms. The molecule has 1 heterocycles. The Morgan fingerprint density at radius 2 is 2.04 bits per heavy atom. The van der Waals surface area contributed by atoms with Crippen LogP contribution in [0, 0.1) is 17.3 Å². The first-order chi connectivity index (χ1) is 10.7. The summed E-state index contributed by atoms with van der Waals surface area (Å²) in [5.74, 6) is -1.21. The molecule has 0 radical (unpaired) electrons. The topological polar surface area (TPSA) is 43.4 Å². The van der Waals surface area contributed by atoms with Crippen LogP contribution in [0.15, 0.2) is 12.2 Å². The Labute approximate surface area is 134 Å². The third-order valence-electron chi connectivity index (χ3n) is 5.19. The average molecular weight is 332 g/mol. The van der Waals surface area contributed by atoms with Gasteiger partial charge in [0.1, 0.15) is 11.5 Å². The van der Waals surface area contributed by atoms with Crippen molar-refractivity contribution in [3.05, 3.63) is 12.2 Å². The van der Waals surface area contributed by atoms with Gasteiger partial charge in [-0.3, -0.25) is 9.59 Å². The average Bonchev–Trinajstić information content (AvgIpc) is 3.00. The van der Waals surface area contributed by atoms with Gasteiger partial charge in [0.25, 0.3) is 0 Å². The standard InChI is InChI=1S/C17H23F3O3/c1-3-4-9-16(2,17(18,19)20)14(21)8-6-11-5-7-13-12(11)10-15(22)23-13/h6,8,11-13H,3-5,7,9-10H2,1-2H3/t11-,12-,13-,16?/m1/s1. The zero-order chi connectivity index (χ0) is 17.3. The summed E-state index contributed by atoms with van der Waals surface area (Å²) >= 11 is 0. The van der Waals surface area contributed by atoms with Gasteiger partial charge < -0.3 is 4.74 Å². The van der Waals surface area contributed by atoms with Crippen molar-refractivity contribution in [2.75, 3.05) is 0 Å². The number of hydrogen-bond donors (Lipinski definition) is 0. The van der Waals surface area contributed by atoms with E-state index in [2.05, 4.69) is 0 Å². The number of rotatable bonds is 6. The Morgan fingerprint density at radius 3 is 2.65 bits per heavy atom. The van der Waals surface area contributed by atoms with Crippen molar-refractivity contribution in [1.29, 1.82) is 0 Å². The van der Waals surface area contributed by atoms with E-state index in [4.69, 9.17) is 4.74 Å². The number of ether oxygens (including phenoxy) is 1. The number of hydrogen-bond acceptors (Lipinski definition) is 3. The SMILES string of the molecule is CCCCC(C)(C(=O)C=C[C@H]1CC[C@H]2OC(=O)C[C@H]12)C(F)(F)F. The molecule has 0 aromatic heterocycles. The predicted molar refractivity (Wildman–Crippen MR) is 78.5 cm³/mol. The number of allylic oxidation sites excluding steroid dienone is 2. The molecule has 0 amide bonds. The summed E-state index contributed by atoms with van der Waals surface area (Å²) in [6.45, 7) is 2.78. The Kier molecular flexibility index (Phi) is 5.21. The van der Waals surface area contributed by atoms with Gasteiger partial charge in [-0.2, -0.15) is 13.2 Å². The highest BCUT2D eigenvalue weighted by molar-refractivity contribution is 5.95. The number of esters is 1. The molecular formula is C17H23F3O3. The molecule has 0 aromatic rings. The van der Waals surface area contributed by atoms with Gasteiger partial charge >= 0.3 is 12.1 Å². The van der Waals surface area contributed by atoms with Gasteiger partial charge in [0.05, 0.1) is 6.42 Å². The number of halogens is 3. The third-order valence-corrected chi connectivity index (χ3v) is 5.19. The molecule has 2 aliphatic rings. The van der Waals surface area contributed by atoms with Crippen LogP contribution in [0.4, 0.5) is 13.2 Å². The van der Waals surface area contributed by atoms with E-state index in [-0.39, 0.29) is 30.3 Å². The van der Waals surface area contributed by atoms with Gasteiger partial charge in [-0.05, 0) is 38.2 Å². The molecule has 2 rings (SSSR count). The molecule has 23 heavy (non-hydrogen) atoms. The van der Waals surface area contributed by atoms with Crippen LogP contribution in [0.3, 0.4) is 0 Å². The molecule has 3 nitrogen and oxygen atoms in total. The maximum Gasteiger partial charge on any atom is 0.401 e. The largest absolute Gasteiger partial charge is 0.462 e. The Morgan fingerprint density at radius 1 is 1.35 bits per heavy atom. The van der Waals surface area contributed by atoms with Crippen molar-refractivity contribution >= 4 is 11.8 Å². The van der Waals surface area contributed by atoms with Gasteiger partial charge in [0, 0.05) is 5.92 Å². The zero-order valence-electron chi connectivity index (χ0n) is 13.5. The van der Waals surface area contributed by atoms with Crippen LogP contribution < -0.4 is 0 Å². The smallest absolute Gasteiger partial charge is 0.401 e. The fourth-order valence-electron chi connectivity index (χ4n) is 3.47. The quantitative estimate of drug-likeness (QED) is 0.540. The molecule has 2 fully saturated rings. The molecule has 1 unspecified atom stereocenters. The Balaban J connectivity index is 2.08. The lowest BCUT2D eigenvalue weighted by molar-refractivity contribution is -0.215. The van der Waals surface area contributed by atoms with Crippen molar-refractivity contribution in [3.8, 4) is 0 Å². The summed E-state index contributed by atoms with van der Waals surface area (Å²) in [5.41, 5.74) is -2.33. The monoisotopic (exact) mass is 332 g/mol. The summed E-state index contributed by atoms with van der Waals surface area (Å²) in [4.78, 5) is 23.5. The lowest BCUT2D eigenvalue weighted by Gasteiger charge is -2.29. The number of alkyl halides is 3. The van der Waals surface area contributed by atoms with Gasteiger partial charge in [0.15, 0.2) is 5.78 Å². The number of fused-ring (bicyclic) bond motifs is 1. The third kappa shape index (κ3) is 3.61. The summed E-state index contributed by atoms with van der Waals surface area (Å²) in [5, 5.41) is 0. The van der Waals surface area contributed by atoms with Crippen LogP contribution >= 0.6 is 0 Å². The lowest BCUT2D eigenvalue weighted by Crippen LogP contribution is -2.41. The van der Waals surface area contributed by atoms with Gasteiger partial charge in [-0.25, -0.2) is 0 Å². The van der Waals surface area contributed by atoms with Crippen molar-refractivity contribution in [3.63, 3.8) is 0 Å². The number of ketones is 1. The van der Waals surface area contributed by atoms with Crippen LogP contribution in [-0.2, 0) is 14.3 Å². The molecular weight excluding hydrogens is 309 g/mol. The minimum absolute atomic E-state index is 0.000616. The van der Waals surface area contributed by atoms with Crippen LogP contribution in [-0.4, -0.2) is 24.0 Å². The van der Waals surface area contributed by atoms with Crippen LogP contribution in [0.25, 0.3) is 0 Å². The van der Waals surface area contributed by atoms with E-state index in [1.165, 1.54) is 0 Å². The van der Waals surface area contributed by atoms with Crippen molar-refractivity contribution in [1.82, 2.24) is 0 Å². The first-order valence-corrected chi connectivity index (χ1v) is 8.18. The molecule has 1 saturated heterocycles. The molecule has 1 aliphatic carbocycles. The van der Waals surface area contributed by atoms with Crippen LogP contribution in [0.1, 0.15) is 52.4 Å². The highest BCUT2D eigenvalue weighted by Crippen LogP contribution is 2.44. The number of carbonyl (C=O) groups excluding carboxylic acids is 2. The molecule has 0 spiro atoms. The van der Waals surface area contributed by atoms with Crippen molar-refractivity contribution in [2.45, 2.75) is 64.7 Å². The van der Waals surface area contributed by atoms with Crippen molar-refractivity contribution in [2.24, 2.45) is 17.3 Å². The molecule has 130 valence electrons. The lowest BCUT2D eigenvalue weighted by atomic mass is 9.79. The fraction of sp³-hybridized carbons (Fsp3) is 0.765. The van der Waals surface area contributed by atoms with E-state index in [9.17, 15) is 22.8 Å². The molecule has 0 aromatic carbocycles. The van der Waals surface area contributed by atoms with E-state index in [1.54, 1.807) is 13.0 Å². The van der Waals surface area contributed by atoms with Gasteiger partial charge in [-0.1, -0.05) is 25.8 Å². The second kappa shape index (κ2) is 6.65. The molecule has 1 aliphatic heterocycles. The van der Waals surface area contributed by atoms with E-state index < -0.39 is 17.4 Å². The summed E-state index contributed by atoms with van der Waals surface area (Å²) in [6, 6.07) is 0. The van der Waals surface area contributed by atoms with E-state index in [1.807, 2.05) is 0 Å². The summed E-state index contributed by atoms with van der Waals surface area (Å²) < 4.78 is 45.1. The van der Waals surface area contributed by atoms with Gasteiger partial charge in [-0.15, -0.1) is 0 Å². The minimum Gasteiger partial charge on any atom is -0.462 e. The highest BCUT2D eigenvalue weighted by atomic mass is 19.4. The number of unbranched alkanes of at least 4 members (excludes halogenated alkanes) is 1. The van der Waals surface area contributed by atoms with Crippen molar-refractivity contribution < 1.29 is 27.5 Å². The fourth-order valence-corrected chi connectivity index (χ4v) is 3.47.